The molecule has 2 aromatic carbocycles. The summed E-state index contributed by atoms with van der Waals surface area (Å²) in [7, 11) is 0. The van der Waals surface area contributed by atoms with Crippen LogP contribution in [0.3, 0.4) is 0 Å². The molecule has 0 spiro atoms. The summed E-state index contributed by atoms with van der Waals surface area (Å²) in [6.07, 6.45) is -3.84. The zero-order chi connectivity index (χ0) is 19.3. The number of aromatic nitrogens is 2. The van der Waals surface area contributed by atoms with Gasteiger partial charge in [0.05, 0.1) is 16.9 Å². The highest BCUT2D eigenvalue weighted by Gasteiger charge is 2.36. The van der Waals surface area contributed by atoms with E-state index in [-0.39, 0.29) is 5.56 Å². The maximum Gasteiger partial charge on any atom is 0.417 e. The van der Waals surface area contributed by atoms with Crippen LogP contribution in [0.5, 0.6) is 11.5 Å². The Morgan fingerprint density at radius 3 is 2.61 bits per heavy atom. The second kappa shape index (κ2) is 6.19. The van der Waals surface area contributed by atoms with Gasteiger partial charge in [0.1, 0.15) is 19.0 Å². The Labute approximate surface area is 158 Å². The number of nitrogens with zero attached hydrogens (tertiary/aromatic N) is 2. The maximum absolute atomic E-state index is 13.5. The second-order valence-corrected chi connectivity index (χ2v) is 6.64. The molecular weight excluding hydrogens is 371 g/mol. The molecule has 0 amide bonds. The molecule has 28 heavy (non-hydrogen) atoms. The Morgan fingerprint density at radius 1 is 1.00 bits per heavy atom. The van der Waals surface area contributed by atoms with Crippen molar-refractivity contribution in [2.24, 2.45) is 0 Å². The summed E-state index contributed by atoms with van der Waals surface area (Å²) in [5.41, 5.74) is 1.24. The number of alkyl halides is 3. The second-order valence-electron chi connectivity index (χ2n) is 6.64. The third-order valence-electron chi connectivity index (χ3n) is 4.91. The van der Waals surface area contributed by atoms with Gasteiger partial charge >= 0.3 is 6.18 Å². The molecule has 8 heteroatoms. The molecule has 0 unspecified atom stereocenters. The predicted molar refractivity (Wildman–Crippen MR) is 97.2 cm³/mol. The number of hydrogen-bond donors (Lipinski definition) is 1. The van der Waals surface area contributed by atoms with Crippen LogP contribution in [0.15, 0.2) is 42.5 Å². The first kappa shape index (κ1) is 17.0. The average Bonchev–Trinajstić information content (AvgIpc) is 3.30. The minimum atomic E-state index is -4.45. The first-order valence-corrected chi connectivity index (χ1v) is 8.95. The first-order chi connectivity index (χ1) is 13.5. The fourth-order valence-corrected chi connectivity index (χ4v) is 3.68. The largest absolute Gasteiger partial charge is 0.486 e. The number of fused-ring (bicyclic) bond motifs is 2. The van der Waals surface area contributed by atoms with E-state index in [9.17, 15) is 13.2 Å². The summed E-state index contributed by atoms with van der Waals surface area (Å²) in [6.45, 7) is 1.60. The lowest BCUT2D eigenvalue weighted by Crippen LogP contribution is -2.15. The van der Waals surface area contributed by atoms with Crippen LogP contribution < -0.4 is 14.8 Å². The third kappa shape index (κ3) is 2.67. The van der Waals surface area contributed by atoms with Crippen LogP contribution in [0, 0.1) is 0 Å². The van der Waals surface area contributed by atoms with Gasteiger partial charge in [0.15, 0.2) is 11.5 Å². The molecule has 0 fully saturated rings. The van der Waals surface area contributed by atoms with E-state index in [1.54, 1.807) is 22.9 Å². The van der Waals surface area contributed by atoms with Crippen molar-refractivity contribution in [1.29, 1.82) is 0 Å². The Bertz CT molecular complexity index is 1060. The lowest BCUT2D eigenvalue weighted by Gasteiger charge is -2.19. The normalized spacial score (nSPS) is 15.2. The van der Waals surface area contributed by atoms with Gasteiger partial charge in [0.25, 0.3) is 0 Å². The Balaban J connectivity index is 1.66. The van der Waals surface area contributed by atoms with E-state index >= 15 is 0 Å². The summed E-state index contributed by atoms with van der Waals surface area (Å²) in [6, 6.07) is 11.0. The molecule has 1 aromatic heterocycles. The number of rotatable bonds is 2. The Kier molecular flexibility index (Phi) is 3.75. The topological polar surface area (TPSA) is 48.3 Å². The van der Waals surface area contributed by atoms with Gasteiger partial charge < -0.3 is 14.8 Å². The Hall–Kier alpha value is -3.16. The summed E-state index contributed by atoms with van der Waals surface area (Å²) >= 11 is 0. The summed E-state index contributed by atoms with van der Waals surface area (Å²) in [5.74, 6) is 1.96. The minimum absolute atomic E-state index is 0.0891. The molecule has 0 saturated heterocycles. The molecular formula is C20H16F3N3O2. The van der Waals surface area contributed by atoms with Gasteiger partial charge in [-0.05, 0) is 24.6 Å². The lowest BCUT2D eigenvalue weighted by molar-refractivity contribution is -0.137. The van der Waals surface area contributed by atoms with E-state index in [4.69, 9.17) is 9.47 Å². The van der Waals surface area contributed by atoms with Gasteiger partial charge in [0.2, 0.25) is 0 Å². The van der Waals surface area contributed by atoms with Crippen LogP contribution in [0.4, 0.5) is 19.0 Å². The van der Waals surface area contributed by atoms with Crippen LogP contribution in [0.1, 0.15) is 11.1 Å². The van der Waals surface area contributed by atoms with Gasteiger partial charge in [0, 0.05) is 23.7 Å². The van der Waals surface area contributed by atoms with E-state index in [0.29, 0.717) is 54.9 Å². The van der Waals surface area contributed by atoms with Crippen molar-refractivity contribution in [3.63, 3.8) is 0 Å². The number of ether oxygens (including phenoxy) is 2. The molecule has 2 aliphatic rings. The fourth-order valence-electron chi connectivity index (χ4n) is 3.68. The molecule has 0 bridgehead atoms. The molecule has 2 aliphatic heterocycles. The van der Waals surface area contributed by atoms with Crippen LogP contribution in [0.2, 0.25) is 0 Å². The quantitative estimate of drug-likeness (QED) is 0.713. The molecule has 3 aromatic rings. The van der Waals surface area contributed by atoms with Crippen molar-refractivity contribution >= 4 is 5.82 Å². The fraction of sp³-hybridized carbons (Fsp3) is 0.250. The molecule has 3 heterocycles. The predicted octanol–water partition coefficient (Wildman–Crippen LogP) is 4.30. The molecule has 0 aliphatic carbocycles. The van der Waals surface area contributed by atoms with Gasteiger partial charge in [-0.15, -0.1) is 0 Å². The monoisotopic (exact) mass is 387 g/mol. The van der Waals surface area contributed by atoms with Crippen molar-refractivity contribution in [3.8, 4) is 28.4 Å². The van der Waals surface area contributed by atoms with E-state index < -0.39 is 11.7 Å². The third-order valence-corrected chi connectivity index (χ3v) is 4.91. The van der Waals surface area contributed by atoms with Crippen molar-refractivity contribution in [2.45, 2.75) is 12.6 Å². The molecule has 0 saturated carbocycles. The van der Waals surface area contributed by atoms with Gasteiger partial charge in [-0.1, -0.05) is 18.2 Å². The zero-order valence-electron chi connectivity index (χ0n) is 14.7. The van der Waals surface area contributed by atoms with E-state index in [0.717, 1.165) is 11.6 Å². The van der Waals surface area contributed by atoms with Crippen LogP contribution in [-0.4, -0.2) is 29.5 Å². The number of nitrogens with one attached hydrogen (secondary N) is 1. The van der Waals surface area contributed by atoms with E-state index in [1.807, 2.05) is 6.07 Å². The van der Waals surface area contributed by atoms with Crippen LogP contribution >= 0.6 is 0 Å². The molecule has 1 N–H and O–H groups in total. The number of hydrogen-bond acceptors (Lipinski definition) is 4. The standard InChI is InChI=1S/C20H16F3N3O2/c21-20(22,23)15-4-2-1-3-13(15)18-14-7-8-24-19(14)26(25-18)12-5-6-16-17(11-12)28-10-9-27-16/h1-6,11,24H,7-10H2. The molecule has 0 radical (unpaired) electrons. The number of anilines is 1. The highest BCUT2D eigenvalue weighted by Crippen LogP contribution is 2.42. The van der Waals surface area contributed by atoms with E-state index in [2.05, 4.69) is 10.4 Å². The smallest absolute Gasteiger partial charge is 0.417 e. The number of halogens is 3. The van der Waals surface area contributed by atoms with Crippen molar-refractivity contribution < 1.29 is 22.6 Å². The average molecular weight is 387 g/mol. The zero-order valence-corrected chi connectivity index (χ0v) is 14.7. The van der Waals surface area contributed by atoms with Crippen molar-refractivity contribution in [1.82, 2.24) is 9.78 Å². The van der Waals surface area contributed by atoms with Crippen molar-refractivity contribution in [2.75, 3.05) is 25.1 Å². The number of benzene rings is 2. The van der Waals surface area contributed by atoms with Gasteiger partial charge in [-0.2, -0.15) is 18.3 Å². The summed E-state index contributed by atoms with van der Waals surface area (Å²) in [5, 5.41) is 7.80. The minimum Gasteiger partial charge on any atom is -0.486 e. The highest BCUT2D eigenvalue weighted by molar-refractivity contribution is 5.75. The van der Waals surface area contributed by atoms with Gasteiger partial charge in [-0.3, -0.25) is 0 Å². The Morgan fingerprint density at radius 2 is 1.79 bits per heavy atom. The summed E-state index contributed by atoms with van der Waals surface area (Å²) < 4.78 is 53.4. The van der Waals surface area contributed by atoms with Gasteiger partial charge in [-0.25, -0.2) is 4.68 Å². The van der Waals surface area contributed by atoms with E-state index in [1.165, 1.54) is 12.1 Å². The molecule has 144 valence electrons. The van der Waals surface area contributed by atoms with Crippen molar-refractivity contribution in [3.05, 3.63) is 53.6 Å². The molecule has 5 rings (SSSR count). The van der Waals surface area contributed by atoms with Crippen LogP contribution in [-0.2, 0) is 12.6 Å². The van der Waals surface area contributed by atoms with Crippen LogP contribution in [0.25, 0.3) is 16.9 Å². The highest BCUT2D eigenvalue weighted by atomic mass is 19.4. The SMILES string of the molecule is FC(F)(F)c1ccccc1-c1nn(-c2ccc3c(c2)OCCO3)c2c1CCN2. The summed E-state index contributed by atoms with van der Waals surface area (Å²) in [4.78, 5) is 0. The molecule has 5 nitrogen and oxygen atoms in total. The first-order valence-electron chi connectivity index (χ1n) is 8.95. The maximum atomic E-state index is 13.5. The molecule has 0 atom stereocenters. The lowest BCUT2D eigenvalue weighted by atomic mass is 10.0.